The maximum Gasteiger partial charge on any atom is 0.387 e. The Morgan fingerprint density at radius 1 is 1.28 bits per heavy atom. The third-order valence-corrected chi connectivity index (χ3v) is 5.90. The van der Waals surface area contributed by atoms with Gasteiger partial charge in [0.1, 0.15) is 11.5 Å². The minimum absolute atomic E-state index is 0.0838. The van der Waals surface area contributed by atoms with Crippen LogP contribution in [0.15, 0.2) is 28.8 Å². The number of hydrogen-bond acceptors (Lipinski definition) is 7. The minimum atomic E-state index is -2.86. The normalized spacial score (nSPS) is 11.1. The molecule has 0 radical (unpaired) electrons. The van der Waals surface area contributed by atoms with Gasteiger partial charge in [0.2, 0.25) is 5.91 Å². The second kappa shape index (κ2) is 9.36. The maximum absolute atomic E-state index is 12.3. The molecule has 0 aliphatic rings. The summed E-state index contributed by atoms with van der Waals surface area (Å²) in [6, 6.07) is 6.24. The second-order valence-corrected chi connectivity index (χ2v) is 8.36. The first-order valence-corrected chi connectivity index (χ1v) is 10.6. The Kier molecular flexibility index (Phi) is 6.86. The van der Waals surface area contributed by atoms with E-state index >= 15 is 0 Å². The summed E-state index contributed by atoms with van der Waals surface area (Å²) >= 11 is 2.83. The van der Waals surface area contributed by atoms with Crippen molar-refractivity contribution in [1.29, 1.82) is 0 Å². The first-order chi connectivity index (χ1) is 13.8. The number of halogens is 2. The standard InChI is InChI=1S/C19H19F2N3O3S2/c1-10-15(11(2)27-24-10)8-28-9-16(25)22-19-23-17(12(3)29-19)13-4-6-14(7-5-13)26-18(20)21/h4-7,18H,8-9H2,1-3H3,(H,22,23,25). The molecule has 1 amide bonds. The molecular formula is C19H19F2N3O3S2. The van der Waals surface area contributed by atoms with Gasteiger partial charge in [-0.25, -0.2) is 4.98 Å². The van der Waals surface area contributed by atoms with E-state index in [1.807, 2.05) is 20.8 Å². The molecule has 29 heavy (non-hydrogen) atoms. The van der Waals surface area contributed by atoms with E-state index in [0.29, 0.717) is 16.6 Å². The molecule has 10 heteroatoms. The number of alkyl halides is 2. The number of amides is 1. The van der Waals surface area contributed by atoms with Crippen molar-refractivity contribution in [2.24, 2.45) is 0 Å². The van der Waals surface area contributed by atoms with Gasteiger partial charge in [-0.2, -0.15) is 8.78 Å². The maximum atomic E-state index is 12.3. The van der Waals surface area contributed by atoms with Gasteiger partial charge < -0.3 is 14.6 Å². The van der Waals surface area contributed by atoms with Crippen molar-refractivity contribution in [1.82, 2.24) is 10.1 Å². The number of rotatable bonds is 8. The predicted molar refractivity (Wildman–Crippen MR) is 110 cm³/mol. The third kappa shape index (κ3) is 5.54. The van der Waals surface area contributed by atoms with Crippen molar-refractivity contribution >= 4 is 34.1 Å². The topological polar surface area (TPSA) is 77.3 Å². The van der Waals surface area contributed by atoms with Gasteiger partial charge in [0.05, 0.1) is 17.1 Å². The SMILES string of the molecule is Cc1noc(C)c1CSCC(=O)Nc1nc(-c2ccc(OC(F)F)cc2)c(C)s1. The van der Waals surface area contributed by atoms with Crippen LogP contribution in [0.5, 0.6) is 5.75 Å². The van der Waals surface area contributed by atoms with Crippen LogP contribution in [-0.4, -0.2) is 28.4 Å². The summed E-state index contributed by atoms with van der Waals surface area (Å²) in [6.07, 6.45) is 0. The second-order valence-electron chi connectivity index (χ2n) is 6.17. The highest BCUT2D eigenvalue weighted by Gasteiger charge is 2.14. The van der Waals surface area contributed by atoms with Crippen molar-refractivity contribution in [3.8, 4) is 17.0 Å². The van der Waals surface area contributed by atoms with Gasteiger partial charge in [-0.05, 0) is 45.0 Å². The zero-order valence-electron chi connectivity index (χ0n) is 16.0. The Labute approximate surface area is 174 Å². The van der Waals surface area contributed by atoms with Crippen molar-refractivity contribution in [3.63, 3.8) is 0 Å². The number of nitrogens with zero attached hydrogens (tertiary/aromatic N) is 2. The van der Waals surface area contributed by atoms with Crippen LogP contribution in [0, 0.1) is 20.8 Å². The lowest BCUT2D eigenvalue weighted by atomic mass is 10.1. The quantitative estimate of drug-likeness (QED) is 0.520. The Hall–Kier alpha value is -2.46. The molecule has 3 aromatic rings. The van der Waals surface area contributed by atoms with E-state index in [1.54, 1.807) is 12.1 Å². The molecule has 0 unspecified atom stereocenters. The number of anilines is 1. The number of nitrogens with one attached hydrogen (secondary N) is 1. The molecule has 0 atom stereocenters. The molecule has 0 saturated heterocycles. The van der Waals surface area contributed by atoms with Crippen LogP contribution < -0.4 is 10.1 Å². The first kappa shape index (κ1) is 21.3. The molecule has 0 aliphatic carbocycles. The molecule has 6 nitrogen and oxygen atoms in total. The summed E-state index contributed by atoms with van der Waals surface area (Å²) in [4.78, 5) is 17.6. The van der Waals surface area contributed by atoms with Gasteiger partial charge in [-0.3, -0.25) is 4.79 Å². The van der Waals surface area contributed by atoms with Crippen molar-refractivity contribution in [2.75, 3.05) is 11.1 Å². The van der Waals surface area contributed by atoms with Crippen molar-refractivity contribution < 1.29 is 22.8 Å². The number of aryl methyl sites for hydroxylation is 3. The molecule has 0 fully saturated rings. The fourth-order valence-electron chi connectivity index (χ4n) is 2.62. The minimum Gasteiger partial charge on any atom is -0.435 e. The number of ether oxygens (including phenoxy) is 1. The van der Waals surface area contributed by atoms with Gasteiger partial charge in [0.25, 0.3) is 0 Å². The number of thioether (sulfide) groups is 1. The van der Waals surface area contributed by atoms with Gasteiger partial charge in [0, 0.05) is 21.8 Å². The molecule has 154 valence electrons. The number of benzene rings is 1. The fourth-order valence-corrected chi connectivity index (χ4v) is 4.45. The number of aromatic nitrogens is 2. The predicted octanol–water partition coefficient (Wildman–Crippen LogP) is 5.20. The summed E-state index contributed by atoms with van der Waals surface area (Å²) in [5.74, 6) is 1.62. The molecule has 2 aromatic heterocycles. The Morgan fingerprint density at radius 2 is 2.00 bits per heavy atom. The van der Waals surface area contributed by atoms with Crippen LogP contribution in [-0.2, 0) is 10.5 Å². The summed E-state index contributed by atoms with van der Waals surface area (Å²) in [5, 5.41) is 7.20. The zero-order chi connectivity index (χ0) is 21.0. The number of thiazole rings is 1. The molecule has 3 rings (SSSR count). The molecule has 0 bridgehead atoms. The van der Waals surface area contributed by atoms with Crippen LogP contribution in [0.25, 0.3) is 11.3 Å². The van der Waals surface area contributed by atoms with Gasteiger partial charge in [-0.15, -0.1) is 23.1 Å². The average Bonchev–Trinajstić information content (AvgIpc) is 3.18. The molecule has 0 saturated carbocycles. The highest BCUT2D eigenvalue weighted by molar-refractivity contribution is 7.99. The van der Waals surface area contributed by atoms with E-state index in [2.05, 4.69) is 20.2 Å². The van der Waals surface area contributed by atoms with Gasteiger partial charge in [0.15, 0.2) is 5.13 Å². The first-order valence-electron chi connectivity index (χ1n) is 8.65. The molecular weight excluding hydrogens is 420 g/mol. The Morgan fingerprint density at radius 3 is 2.62 bits per heavy atom. The van der Waals surface area contributed by atoms with Crippen molar-refractivity contribution in [2.45, 2.75) is 33.1 Å². The van der Waals surface area contributed by atoms with E-state index < -0.39 is 6.61 Å². The lowest BCUT2D eigenvalue weighted by Gasteiger charge is -2.05. The highest BCUT2D eigenvalue weighted by Crippen LogP contribution is 2.31. The summed E-state index contributed by atoms with van der Waals surface area (Å²) in [5.41, 5.74) is 3.29. The van der Waals surface area contributed by atoms with Crippen LogP contribution in [0.4, 0.5) is 13.9 Å². The Bertz CT molecular complexity index is 968. The number of carbonyl (C=O) groups excluding carboxylic acids is 1. The molecule has 1 N–H and O–H groups in total. The van der Waals surface area contributed by atoms with Crippen molar-refractivity contribution in [3.05, 3.63) is 46.2 Å². The largest absolute Gasteiger partial charge is 0.435 e. The summed E-state index contributed by atoms with van der Waals surface area (Å²) in [7, 11) is 0. The van der Waals surface area contributed by atoms with E-state index in [4.69, 9.17) is 4.52 Å². The summed E-state index contributed by atoms with van der Waals surface area (Å²) in [6.45, 7) is 2.75. The highest BCUT2D eigenvalue weighted by atomic mass is 32.2. The molecule has 1 aromatic carbocycles. The van der Waals surface area contributed by atoms with E-state index in [-0.39, 0.29) is 17.4 Å². The zero-order valence-corrected chi connectivity index (χ0v) is 17.6. The number of hydrogen-bond donors (Lipinski definition) is 1. The van der Waals surface area contributed by atoms with Gasteiger partial charge >= 0.3 is 6.61 Å². The monoisotopic (exact) mass is 439 g/mol. The fraction of sp³-hybridized carbons (Fsp3) is 0.316. The van der Waals surface area contributed by atoms with E-state index in [1.165, 1.54) is 35.2 Å². The lowest BCUT2D eigenvalue weighted by molar-refractivity contribution is -0.113. The third-order valence-electron chi connectivity index (χ3n) is 4.06. The smallest absolute Gasteiger partial charge is 0.387 e. The van der Waals surface area contributed by atoms with Crippen LogP contribution in [0.3, 0.4) is 0 Å². The van der Waals surface area contributed by atoms with E-state index in [0.717, 1.165) is 27.5 Å². The van der Waals surface area contributed by atoms with Crippen LogP contribution in [0.1, 0.15) is 21.9 Å². The van der Waals surface area contributed by atoms with E-state index in [9.17, 15) is 13.6 Å². The molecule has 0 spiro atoms. The number of carbonyl (C=O) groups is 1. The molecule has 2 heterocycles. The molecule has 0 aliphatic heterocycles. The lowest BCUT2D eigenvalue weighted by Crippen LogP contribution is -2.14. The average molecular weight is 440 g/mol. The van der Waals surface area contributed by atoms with Crippen LogP contribution >= 0.6 is 23.1 Å². The van der Waals surface area contributed by atoms with Gasteiger partial charge in [-0.1, -0.05) is 5.16 Å². The Balaban J connectivity index is 1.57. The van der Waals surface area contributed by atoms with Crippen LogP contribution in [0.2, 0.25) is 0 Å². The summed E-state index contributed by atoms with van der Waals surface area (Å²) < 4.78 is 34.0.